The van der Waals surface area contributed by atoms with Crippen molar-refractivity contribution < 1.29 is 0 Å². The summed E-state index contributed by atoms with van der Waals surface area (Å²) >= 11 is 0. The van der Waals surface area contributed by atoms with Gasteiger partial charge in [0.05, 0.1) is 5.52 Å². The molecule has 3 aromatic rings. The highest BCUT2D eigenvalue weighted by molar-refractivity contribution is 5.95. The molecule has 1 N–H and O–H groups in total. The number of fused-ring (bicyclic) bond motifs is 2. The molecule has 2 aromatic carbocycles. The average Bonchev–Trinajstić information content (AvgIpc) is 3.09. The topological polar surface area (TPSA) is 31.4 Å². The first kappa shape index (κ1) is 15.6. The van der Waals surface area contributed by atoms with Gasteiger partial charge >= 0.3 is 0 Å². The van der Waals surface area contributed by atoms with Crippen molar-refractivity contribution in [2.75, 3.05) is 42.5 Å². The largest absolute Gasteiger partial charge is 0.368 e. The van der Waals surface area contributed by atoms with Crippen molar-refractivity contribution in [3.63, 3.8) is 0 Å². The van der Waals surface area contributed by atoms with Gasteiger partial charge in [-0.15, -0.1) is 0 Å². The second-order valence-corrected chi connectivity index (χ2v) is 7.22. The summed E-state index contributed by atoms with van der Waals surface area (Å²) in [5.74, 6) is 0. The minimum atomic E-state index is 0.975. The van der Waals surface area contributed by atoms with E-state index >= 15 is 0 Å². The highest BCUT2D eigenvalue weighted by Gasteiger charge is 2.22. The normalized spacial score (nSPS) is 16.9. The van der Waals surface area contributed by atoms with Gasteiger partial charge in [0.1, 0.15) is 0 Å². The number of benzene rings is 2. The molecule has 5 rings (SSSR count). The highest BCUT2D eigenvalue weighted by atomic mass is 15.2. The van der Waals surface area contributed by atoms with Crippen LogP contribution in [-0.4, -0.2) is 37.7 Å². The van der Waals surface area contributed by atoms with Gasteiger partial charge < -0.3 is 15.1 Å². The Labute approximate surface area is 154 Å². The van der Waals surface area contributed by atoms with Crippen molar-refractivity contribution in [1.29, 1.82) is 0 Å². The van der Waals surface area contributed by atoms with Crippen LogP contribution in [0.3, 0.4) is 0 Å². The summed E-state index contributed by atoms with van der Waals surface area (Å²) in [4.78, 5) is 9.66. The number of aromatic nitrogens is 1. The van der Waals surface area contributed by atoms with E-state index in [2.05, 4.69) is 68.6 Å². The Morgan fingerprint density at radius 1 is 0.923 bits per heavy atom. The van der Waals surface area contributed by atoms with Gasteiger partial charge in [-0.1, -0.05) is 30.3 Å². The maximum absolute atomic E-state index is 4.66. The molecular formula is C22H24N4. The van der Waals surface area contributed by atoms with Gasteiger partial charge in [-0.2, -0.15) is 0 Å². The van der Waals surface area contributed by atoms with Gasteiger partial charge in [-0.25, -0.2) is 0 Å². The second kappa shape index (κ2) is 6.61. The lowest BCUT2D eigenvalue weighted by molar-refractivity contribution is 0.590. The molecule has 26 heavy (non-hydrogen) atoms. The highest BCUT2D eigenvalue weighted by Crippen LogP contribution is 2.36. The lowest BCUT2D eigenvalue weighted by Gasteiger charge is -2.30. The molecule has 0 atom stereocenters. The summed E-state index contributed by atoms with van der Waals surface area (Å²) in [6.45, 7) is 6.28. The molecule has 1 fully saturated rings. The fraction of sp³-hybridized carbons (Fsp3) is 0.318. The molecule has 0 amide bonds. The molecule has 0 spiro atoms. The average molecular weight is 344 g/mol. The third-order valence-corrected chi connectivity index (χ3v) is 5.58. The molecule has 4 heteroatoms. The minimum Gasteiger partial charge on any atom is -0.368 e. The number of anilines is 2. The zero-order valence-corrected chi connectivity index (χ0v) is 15.0. The SMILES string of the molecule is c1ccc(CN2CCc3cc4nccc(N5CCNCC5)c4cc32)cc1. The van der Waals surface area contributed by atoms with Gasteiger partial charge in [0.2, 0.25) is 0 Å². The van der Waals surface area contributed by atoms with Crippen LogP contribution in [0.25, 0.3) is 10.9 Å². The molecule has 132 valence electrons. The summed E-state index contributed by atoms with van der Waals surface area (Å²) < 4.78 is 0. The Hall–Kier alpha value is -2.59. The number of nitrogens with zero attached hydrogens (tertiary/aromatic N) is 3. The first-order valence-electron chi connectivity index (χ1n) is 9.55. The van der Waals surface area contributed by atoms with Crippen LogP contribution in [0.4, 0.5) is 11.4 Å². The summed E-state index contributed by atoms with van der Waals surface area (Å²) in [5.41, 5.74) is 6.63. The fourth-order valence-electron chi connectivity index (χ4n) is 4.23. The van der Waals surface area contributed by atoms with Crippen molar-refractivity contribution in [2.45, 2.75) is 13.0 Å². The Balaban J connectivity index is 1.54. The summed E-state index contributed by atoms with van der Waals surface area (Å²) in [6, 6.07) is 17.6. The van der Waals surface area contributed by atoms with Crippen LogP contribution < -0.4 is 15.1 Å². The molecule has 2 aliphatic heterocycles. The molecule has 1 saturated heterocycles. The summed E-state index contributed by atoms with van der Waals surface area (Å²) in [7, 11) is 0. The number of hydrogen-bond donors (Lipinski definition) is 1. The Kier molecular flexibility index (Phi) is 3.98. The number of piperazine rings is 1. The predicted molar refractivity (Wildman–Crippen MR) is 108 cm³/mol. The first-order valence-corrected chi connectivity index (χ1v) is 9.55. The number of rotatable bonds is 3. The van der Waals surface area contributed by atoms with Gasteiger partial charge in [0.15, 0.2) is 0 Å². The predicted octanol–water partition coefficient (Wildman–Crippen LogP) is 3.21. The smallest absolute Gasteiger partial charge is 0.0727 e. The summed E-state index contributed by atoms with van der Waals surface area (Å²) in [5, 5.41) is 4.73. The summed E-state index contributed by atoms with van der Waals surface area (Å²) in [6.07, 6.45) is 3.07. The zero-order chi connectivity index (χ0) is 17.3. The number of nitrogens with one attached hydrogen (secondary N) is 1. The molecular weight excluding hydrogens is 320 g/mol. The molecule has 0 bridgehead atoms. The van der Waals surface area contributed by atoms with Crippen molar-refractivity contribution in [2.24, 2.45) is 0 Å². The lowest BCUT2D eigenvalue weighted by atomic mass is 10.1. The van der Waals surface area contributed by atoms with Crippen LogP contribution >= 0.6 is 0 Å². The van der Waals surface area contributed by atoms with Gasteiger partial charge in [0.25, 0.3) is 0 Å². The maximum atomic E-state index is 4.66. The van der Waals surface area contributed by atoms with E-state index in [-0.39, 0.29) is 0 Å². The van der Waals surface area contributed by atoms with Crippen LogP contribution in [0.1, 0.15) is 11.1 Å². The van der Waals surface area contributed by atoms with Crippen LogP contribution in [0, 0.1) is 0 Å². The van der Waals surface area contributed by atoms with E-state index in [9.17, 15) is 0 Å². The van der Waals surface area contributed by atoms with Gasteiger partial charge in [-0.05, 0) is 35.7 Å². The van der Waals surface area contributed by atoms with E-state index in [0.717, 1.165) is 51.2 Å². The van der Waals surface area contributed by atoms with Crippen LogP contribution in [0.5, 0.6) is 0 Å². The lowest BCUT2D eigenvalue weighted by Crippen LogP contribution is -2.43. The third-order valence-electron chi connectivity index (χ3n) is 5.58. The van der Waals surface area contributed by atoms with Crippen molar-refractivity contribution in [1.82, 2.24) is 10.3 Å². The Morgan fingerprint density at radius 2 is 1.77 bits per heavy atom. The van der Waals surface area contributed by atoms with Crippen molar-refractivity contribution >= 4 is 22.3 Å². The van der Waals surface area contributed by atoms with E-state index in [1.165, 1.54) is 27.9 Å². The molecule has 4 nitrogen and oxygen atoms in total. The van der Waals surface area contributed by atoms with E-state index < -0.39 is 0 Å². The Bertz CT molecular complexity index is 916. The number of hydrogen-bond acceptors (Lipinski definition) is 4. The van der Waals surface area contributed by atoms with Crippen LogP contribution in [-0.2, 0) is 13.0 Å². The van der Waals surface area contributed by atoms with Gasteiger partial charge in [-0.3, -0.25) is 4.98 Å². The monoisotopic (exact) mass is 344 g/mol. The second-order valence-electron chi connectivity index (χ2n) is 7.22. The van der Waals surface area contributed by atoms with E-state index in [1.807, 2.05) is 6.20 Å². The quantitative estimate of drug-likeness (QED) is 0.791. The molecule has 1 aromatic heterocycles. The third kappa shape index (κ3) is 2.80. The van der Waals surface area contributed by atoms with E-state index in [0.29, 0.717) is 0 Å². The van der Waals surface area contributed by atoms with Crippen LogP contribution in [0.2, 0.25) is 0 Å². The molecule has 0 aliphatic carbocycles. The molecule has 0 saturated carbocycles. The zero-order valence-electron chi connectivity index (χ0n) is 15.0. The van der Waals surface area contributed by atoms with Crippen molar-refractivity contribution in [3.05, 3.63) is 65.9 Å². The molecule has 0 unspecified atom stereocenters. The molecule has 2 aliphatic rings. The fourth-order valence-corrected chi connectivity index (χ4v) is 4.23. The van der Waals surface area contributed by atoms with E-state index in [4.69, 9.17) is 0 Å². The van der Waals surface area contributed by atoms with Crippen molar-refractivity contribution in [3.8, 4) is 0 Å². The Morgan fingerprint density at radius 3 is 2.62 bits per heavy atom. The molecule has 0 radical (unpaired) electrons. The standard InChI is InChI=1S/C22H24N4/c1-2-4-17(5-3-1)16-26-11-7-18-14-20-19(15-22(18)26)21(6-8-24-20)25-12-9-23-10-13-25/h1-6,8,14-15,23H,7,9-13,16H2. The molecule has 3 heterocycles. The minimum absolute atomic E-state index is 0.975. The van der Waals surface area contributed by atoms with Crippen LogP contribution in [0.15, 0.2) is 54.7 Å². The maximum Gasteiger partial charge on any atom is 0.0727 e. The first-order chi connectivity index (χ1) is 12.9. The van der Waals surface area contributed by atoms with Gasteiger partial charge in [0, 0.05) is 62.2 Å². The van der Waals surface area contributed by atoms with E-state index in [1.54, 1.807) is 0 Å². The number of pyridine rings is 1.